The number of carbonyl (C=O) groups excluding carboxylic acids is 1. The van der Waals surface area contributed by atoms with Crippen LogP contribution in [0.4, 0.5) is 0 Å². The number of thioether (sulfide) groups is 1. The Kier molecular flexibility index (Phi) is 6.01. The lowest BCUT2D eigenvalue weighted by molar-refractivity contribution is -0.122. The fraction of sp³-hybridized carbons (Fsp3) is 0.875. The fourth-order valence-electron chi connectivity index (χ4n) is 0.629. The predicted molar refractivity (Wildman–Crippen MR) is 59.0 cm³/mol. The summed E-state index contributed by atoms with van der Waals surface area (Å²) in [5.74, 6) is 1.16. The molecule has 0 aromatic heterocycles. The maximum atomic E-state index is 11.3. The minimum absolute atomic E-state index is 0.0589. The third-order valence-electron chi connectivity index (χ3n) is 1.35. The molecule has 0 unspecified atom stereocenters. The van der Waals surface area contributed by atoms with Crippen molar-refractivity contribution in [2.45, 2.75) is 24.6 Å². The number of nitrogens with one attached hydrogen (secondary N) is 1. The average Bonchev–Trinajstić information content (AvgIpc) is 1.96. The monoisotopic (exact) mass is 253 g/mol. The minimum Gasteiger partial charge on any atom is -0.355 e. The topological polar surface area (TPSA) is 29.1 Å². The molecule has 0 bridgehead atoms. The third kappa shape index (κ3) is 5.89. The Hall–Kier alpha value is 0.300. The molecule has 0 aliphatic carbocycles. The van der Waals surface area contributed by atoms with E-state index in [1.54, 1.807) is 11.8 Å². The second-order valence-corrected chi connectivity index (χ2v) is 6.04. The summed E-state index contributed by atoms with van der Waals surface area (Å²) in [5, 5.41) is 2.86. The van der Waals surface area contributed by atoms with E-state index in [0.717, 1.165) is 18.7 Å². The van der Waals surface area contributed by atoms with Crippen LogP contribution in [-0.2, 0) is 4.79 Å². The Morgan fingerprint density at radius 1 is 1.58 bits per heavy atom. The van der Waals surface area contributed by atoms with Gasteiger partial charge in [-0.1, -0.05) is 15.9 Å². The molecule has 4 heteroatoms. The van der Waals surface area contributed by atoms with E-state index < -0.39 is 4.32 Å². The second-order valence-electron chi connectivity index (χ2n) is 3.07. The molecule has 0 aliphatic rings. The van der Waals surface area contributed by atoms with Crippen LogP contribution in [-0.4, -0.2) is 28.8 Å². The molecule has 0 rings (SSSR count). The van der Waals surface area contributed by atoms with Crippen LogP contribution in [0.3, 0.4) is 0 Å². The van der Waals surface area contributed by atoms with E-state index in [0.29, 0.717) is 0 Å². The summed E-state index contributed by atoms with van der Waals surface area (Å²) in [6.07, 6.45) is 3.10. The zero-order chi connectivity index (χ0) is 9.61. The van der Waals surface area contributed by atoms with E-state index in [2.05, 4.69) is 27.5 Å². The maximum absolute atomic E-state index is 11.3. The van der Waals surface area contributed by atoms with Crippen LogP contribution in [0.1, 0.15) is 20.3 Å². The Morgan fingerprint density at radius 2 is 2.17 bits per heavy atom. The molecule has 0 saturated heterocycles. The van der Waals surface area contributed by atoms with Crippen LogP contribution in [0.2, 0.25) is 0 Å². The lowest BCUT2D eigenvalue weighted by atomic mass is 10.2. The highest BCUT2D eigenvalue weighted by Gasteiger charge is 2.22. The number of alkyl halides is 1. The SMILES string of the molecule is CSCCCNC(=O)C(C)(C)Br. The number of halogens is 1. The average molecular weight is 254 g/mol. The number of amides is 1. The van der Waals surface area contributed by atoms with E-state index >= 15 is 0 Å². The molecule has 0 heterocycles. The normalized spacial score (nSPS) is 11.3. The molecular formula is C8H16BrNOS. The smallest absolute Gasteiger partial charge is 0.236 e. The summed E-state index contributed by atoms with van der Waals surface area (Å²) in [5.41, 5.74) is 0. The lowest BCUT2D eigenvalue weighted by Gasteiger charge is -2.15. The van der Waals surface area contributed by atoms with Crippen LogP contribution < -0.4 is 5.32 Å². The molecule has 0 atom stereocenters. The number of hydrogen-bond acceptors (Lipinski definition) is 2. The van der Waals surface area contributed by atoms with E-state index in [9.17, 15) is 4.79 Å². The number of rotatable bonds is 5. The van der Waals surface area contributed by atoms with Gasteiger partial charge in [0.15, 0.2) is 0 Å². The van der Waals surface area contributed by atoms with Crippen molar-refractivity contribution in [2.24, 2.45) is 0 Å². The first kappa shape index (κ1) is 12.3. The Labute approximate surface area is 87.0 Å². The summed E-state index contributed by atoms with van der Waals surface area (Å²) in [6, 6.07) is 0. The first-order valence-corrected chi connectivity index (χ1v) is 6.13. The lowest BCUT2D eigenvalue weighted by Crippen LogP contribution is -2.38. The summed E-state index contributed by atoms with van der Waals surface area (Å²) in [4.78, 5) is 11.3. The van der Waals surface area contributed by atoms with Gasteiger partial charge in [0.1, 0.15) is 0 Å². The van der Waals surface area contributed by atoms with Gasteiger partial charge in [0.2, 0.25) is 5.91 Å². The standard InChI is InChI=1S/C8H16BrNOS/c1-8(2,9)7(11)10-5-4-6-12-3/h4-6H2,1-3H3,(H,10,11). The summed E-state index contributed by atoms with van der Waals surface area (Å²) in [7, 11) is 0. The van der Waals surface area contributed by atoms with Gasteiger partial charge in [0.25, 0.3) is 0 Å². The minimum atomic E-state index is -0.438. The van der Waals surface area contributed by atoms with Gasteiger partial charge < -0.3 is 5.32 Å². The molecule has 1 N–H and O–H groups in total. The highest BCUT2D eigenvalue weighted by atomic mass is 79.9. The van der Waals surface area contributed by atoms with E-state index in [1.165, 1.54) is 0 Å². The fourth-order valence-corrected chi connectivity index (χ4v) is 1.20. The molecule has 0 radical (unpaired) electrons. The summed E-state index contributed by atoms with van der Waals surface area (Å²) < 4.78 is -0.438. The van der Waals surface area contributed by atoms with Gasteiger partial charge in [-0.25, -0.2) is 0 Å². The Morgan fingerprint density at radius 3 is 2.58 bits per heavy atom. The third-order valence-corrected chi connectivity index (χ3v) is 2.41. The molecule has 0 saturated carbocycles. The van der Waals surface area contributed by atoms with Crippen molar-refractivity contribution in [1.29, 1.82) is 0 Å². The van der Waals surface area contributed by atoms with Crippen molar-refractivity contribution in [3.05, 3.63) is 0 Å². The largest absolute Gasteiger partial charge is 0.355 e. The van der Waals surface area contributed by atoms with E-state index in [4.69, 9.17) is 0 Å². The van der Waals surface area contributed by atoms with Gasteiger partial charge in [-0.15, -0.1) is 0 Å². The maximum Gasteiger partial charge on any atom is 0.236 e. The van der Waals surface area contributed by atoms with Crippen LogP contribution in [0.15, 0.2) is 0 Å². The molecule has 0 aliphatic heterocycles. The zero-order valence-electron chi connectivity index (χ0n) is 7.82. The van der Waals surface area contributed by atoms with Crippen LogP contribution in [0.25, 0.3) is 0 Å². The quantitative estimate of drug-likeness (QED) is 0.600. The van der Waals surface area contributed by atoms with E-state index in [-0.39, 0.29) is 5.91 Å². The van der Waals surface area contributed by atoms with Crippen molar-refractivity contribution < 1.29 is 4.79 Å². The van der Waals surface area contributed by atoms with Crippen molar-refractivity contribution >= 4 is 33.6 Å². The zero-order valence-corrected chi connectivity index (χ0v) is 10.2. The molecule has 0 aromatic carbocycles. The van der Waals surface area contributed by atoms with Crippen molar-refractivity contribution in [1.82, 2.24) is 5.32 Å². The van der Waals surface area contributed by atoms with Gasteiger partial charge >= 0.3 is 0 Å². The number of hydrogen-bond donors (Lipinski definition) is 1. The van der Waals surface area contributed by atoms with Crippen molar-refractivity contribution in [3.63, 3.8) is 0 Å². The highest BCUT2D eigenvalue weighted by molar-refractivity contribution is 9.10. The van der Waals surface area contributed by atoms with Gasteiger partial charge in [-0.2, -0.15) is 11.8 Å². The molecular weight excluding hydrogens is 238 g/mol. The van der Waals surface area contributed by atoms with Crippen LogP contribution in [0.5, 0.6) is 0 Å². The van der Waals surface area contributed by atoms with Crippen LogP contribution in [0, 0.1) is 0 Å². The first-order chi connectivity index (χ1) is 5.48. The van der Waals surface area contributed by atoms with Gasteiger partial charge in [-0.3, -0.25) is 4.79 Å². The van der Waals surface area contributed by atoms with Gasteiger partial charge in [-0.05, 0) is 32.3 Å². The summed E-state index contributed by atoms with van der Waals surface area (Å²) >= 11 is 5.09. The molecule has 0 fully saturated rings. The molecule has 1 amide bonds. The first-order valence-electron chi connectivity index (χ1n) is 3.94. The van der Waals surface area contributed by atoms with E-state index in [1.807, 2.05) is 13.8 Å². The van der Waals surface area contributed by atoms with Gasteiger partial charge in [0.05, 0.1) is 4.32 Å². The Balaban J connectivity index is 3.45. The molecule has 12 heavy (non-hydrogen) atoms. The molecule has 0 aromatic rings. The predicted octanol–water partition coefficient (Wildman–Crippen LogP) is 2.03. The van der Waals surface area contributed by atoms with Gasteiger partial charge in [0, 0.05) is 6.54 Å². The highest BCUT2D eigenvalue weighted by Crippen LogP contribution is 2.14. The van der Waals surface area contributed by atoms with Crippen molar-refractivity contribution in [3.8, 4) is 0 Å². The molecule has 72 valence electrons. The Bertz CT molecular complexity index is 144. The molecule has 0 spiro atoms. The second kappa shape index (κ2) is 5.86. The van der Waals surface area contributed by atoms with Crippen molar-refractivity contribution in [2.75, 3.05) is 18.6 Å². The molecule has 2 nitrogen and oxygen atoms in total. The van der Waals surface area contributed by atoms with Crippen LogP contribution >= 0.6 is 27.7 Å². The number of carbonyl (C=O) groups is 1. The summed E-state index contributed by atoms with van der Waals surface area (Å²) in [6.45, 7) is 4.46.